The van der Waals surface area contributed by atoms with E-state index in [0.29, 0.717) is 12.0 Å². The molecule has 2 fully saturated rings. The van der Waals surface area contributed by atoms with E-state index in [1.54, 1.807) is 0 Å². The van der Waals surface area contributed by atoms with Gasteiger partial charge in [0.05, 0.1) is 6.10 Å². The third kappa shape index (κ3) is 2.29. The zero-order valence-corrected chi connectivity index (χ0v) is 9.08. The molecule has 2 aliphatic rings. The fourth-order valence-electron chi connectivity index (χ4n) is 3.15. The highest BCUT2D eigenvalue weighted by atomic mass is 16.5. The van der Waals surface area contributed by atoms with Crippen LogP contribution in [0.3, 0.4) is 0 Å². The molecule has 2 heteroatoms. The van der Waals surface area contributed by atoms with Gasteiger partial charge in [0.2, 0.25) is 0 Å². The molecular weight excluding hydrogens is 174 g/mol. The van der Waals surface area contributed by atoms with Crippen molar-refractivity contribution in [2.45, 2.75) is 51.0 Å². The van der Waals surface area contributed by atoms with Gasteiger partial charge in [-0.15, -0.1) is 0 Å². The molecule has 1 saturated heterocycles. The molecule has 2 unspecified atom stereocenters. The van der Waals surface area contributed by atoms with E-state index in [2.05, 4.69) is 0 Å². The van der Waals surface area contributed by atoms with Gasteiger partial charge in [0, 0.05) is 12.5 Å². The molecule has 2 atom stereocenters. The lowest BCUT2D eigenvalue weighted by atomic mass is 9.77. The molecule has 0 aromatic carbocycles. The zero-order valence-electron chi connectivity index (χ0n) is 9.08. The van der Waals surface area contributed by atoms with E-state index in [-0.39, 0.29) is 0 Å². The molecule has 14 heavy (non-hydrogen) atoms. The second-order valence-electron chi connectivity index (χ2n) is 4.85. The van der Waals surface area contributed by atoms with Crippen LogP contribution in [0, 0.1) is 11.8 Å². The molecule has 82 valence electrons. The Hall–Kier alpha value is -0.0800. The number of rotatable bonds is 3. The van der Waals surface area contributed by atoms with E-state index in [1.807, 2.05) is 0 Å². The van der Waals surface area contributed by atoms with Crippen LogP contribution >= 0.6 is 0 Å². The second-order valence-corrected chi connectivity index (χ2v) is 4.85. The van der Waals surface area contributed by atoms with Gasteiger partial charge in [-0.1, -0.05) is 32.1 Å². The summed E-state index contributed by atoms with van der Waals surface area (Å²) in [6, 6.07) is 0. The number of nitrogens with two attached hydrogens (primary N) is 1. The van der Waals surface area contributed by atoms with Crippen molar-refractivity contribution in [1.29, 1.82) is 0 Å². The first kappa shape index (κ1) is 10.4. The monoisotopic (exact) mass is 197 g/mol. The Labute approximate surface area is 87.2 Å². The SMILES string of the molecule is NCC(C1CCCCC1)C1CCCO1. The van der Waals surface area contributed by atoms with Crippen LogP contribution in [0.4, 0.5) is 0 Å². The zero-order chi connectivity index (χ0) is 9.80. The number of hydrogen-bond donors (Lipinski definition) is 1. The van der Waals surface area contributed by atoms with Crippen LogP contribution in [0.2, 0.25) is 0 Å². The quantitative estimate of drug-likeness (QED) is 0.753. The maximum atomic E-state index is 5.90. The lowest BCUT2D eigenvalue weighted by Gasteiger charge is -2.32. The summed E-state index contributed by atoms with van der Waals surface area (Å²) >= 11 is 0. The summed E-state index contributed by atoms with van der Waals surface area (Å²) in [6.45, 7) is 1.79. The first-order valence-corrected chi connectivity index (χ1v) is 6.23. The van der Waals surface area contributed by atoms with Gasteiger partial charge < -0.3 is 10.5 Å². The fourth-order valence-corrected chi connectivity index (χ4v) is 3.15. The van der Waals surface area contributed by atoms with Crippen molar-refractivity contribution in [3.05, 3.63) is 0 Å². The molecule has 1 aliphatic carbocycles. The third-order valence-corrected chi connectivity index (χ3v) is 3.97. The largest absolute Gasteiger partial charge is 0.378 e. The Morgan fingerprint density at radius 1 is 1.07 bits per heavy atom. The van der Waals surface area contributed by atoms with E-state index >= 15 is 0 Å². The van der Waals surface area contributed by atoms with Crippen molar-refractivity contribution in [2.75, 3.05) is 13.2 Å². The molecule has 0 radical (unpaired) electrons. The molecule has 0 bridgehead atoms. The highest BCUT2D eigenvalue weighted by molar-refractivity contribution is 4.83. The molecule has 0 amide bonds. The van der Waals surface area contributed by atoms with Gasteiger partial charge in [-0.25, -0.2) is 0 Å². The molecular formula is C12H23NO. The molecule has 1 saturated carbocycles. The average Bonchev–Trinajstić information content (AvgIpc) is 2.74. The molecule has 1 heterocycles. The van der Waals surface area contributed by atoms with Crippen LogP contribution < -0.4 is 5.73 Å². The van der Waals surface area contributed by atoms with Gasteiger partial charge in [-0.3, -0.25) is 0 Å². The minimum atomic E-state index is 0.489. The number of hydrogen-bond acceptors (Lipinski definition) is 2. The Kier molecular flexibility index (Phi) is 3.82. The van der Waals surface area contributed by atoms with E-state index < -0.39 is 0 Å². The van der Waals surface area contributed by atoms with Crippen molar-refractivity contribution in [1.82, 2.24) is 0 Å². The predicted octanol–water partition coefficient (Wildman–Crippen LogP) is 2.32. The third-order valence-electron chi connectivity index (χ3n) is 3.97. The average molecular weight is 197 g/mol. The summed E-state index contributed by atoms with van der Waals surface area (Å²) in [6.07, 6.45) is 10.0. The Bertz CT molecular complexity index is 160. The van der Waals surface area contributed by atoms with Gasteiger partial charge in [-0.05, 0) is 25.3 Å². The summed E-state index contributed by atoms with van der Waals surface area (Å²) in [5.74, 6) is 1.51. The minimum absolute atomic E-state index is 0.489. The fraction of sp³-hybridized carbons (Fsp3) is 1.00. The molecule has 2 nitrogen and oxygen atoms in total. The highest BCUT2D eigenvalue weighted by Gasteiger charge is 2.31. The molecule has 0 spiro atoms. The molecule has 0 aromatic rings. The first-order chi connectivity index (χ1) is 6.92. The summed E-state index contributed by atoms with van der Waals surface area (Å²) in [5, 5.41) is 0. The second kappa shape index (κ2) is 5.13. The van der Waals surface area contributed by atoms with E-state index in [4.69, 9.17) is 10.5 Å². The van der Waals surface area contributed by atoms with Crippen molar-refractivity contribution in [3.8, 4) is 0 Å². The normalized spacial score (nSPS) is 31.9. The topological polar surface area (TPSA) is 35.2 Å². The van der Waals surface area contributed by atoms with E-state index in [9.17, 15) is 0 Å². The van der Waals surface area contributed by atoms with Crippen LogP contribution in [-0.2, 0) is 4.74 Å². The molecule has 2 rings (SSSR count). The first-order valence-electron chi connectivity index (χ1n) is 6.23. The predicted molar refractivity (Wildman–Crippen MR) is 58.1 cm³/mol. The summed E-state index contributed by atoms with van der Waals surface area (Å²) in [4.78, 5) is 0. The van der Waals surface area contributed by atoms with Crippen LogP contribution in [0.5, 0.6) is 0 Å². The maximum absolute atomic E-state index is 5.90. The summed E-state index contributed by atoms with van der Waals surface area (Å²) < 4.78 is 5.78. The molecule has 0 aromatic heterocycles. The van der Waals surface area contributed by atoms with Crippen molar-refractivity contribution in [3.63, 3.8) is 0 Å². The maximum Gasteiger partial charge on any atom is 0.0618 e. The summed E-state index contributed by atoms with van der Waals surface area (Å²) in [7, 11) is 0. The lowest BCUT2D eigenvalue weighted by molar-refractivity contribution is 0.0325. The lowest BCUT2D eigenvalue weighted by Crippen LogP contribution is -2.34. The summed E-state index contributed by atoms with van der Waals surface area (Å²) in [5.41, 5.74) is 5.90. The van der Waals surface area contributed by atoms with E-state index in [0.717, 1.165) is 19.1 Å². The van der Waals surface area contributed by atoms with Crippen LogP contribution in [0.25, 0.3) is 0 Å². The minimum Gasteiger partial charge on any atom is -0.378 e. The van der Waals surface area contributed by atoms with Crippen molar-refractivity contribution < 1.29 is 4.74 Å². The van der Waals surface area contributed by atoms with E-state index in [1.165, 1.54) is 44.9 Å². The van der Waals surface area contributed by atoms with Crippen molar-refractivity contribution >= 4 is 0 Å². The van der Waals surface area contributed by atoms with Gasteiger partial charge in [0.1, 0.15) is 0 Å². The molecule has 2 N–H and O–H groups in total. The van der Waals surface area contributed by atoms with Gasteiger partial charge in [-0.2, -0.15) is 0 Å². The smallest absolute Gasteiger partial charge is 0.0618 e. The number of ether oxygens (including phenoxy) is 1. The van der Waals surface area contributed by atoms with Crippen molar-refractivity contribution in [2.24, 2.45) is 17.6 Å². The van der Waals surface area contributed by atoms with Crippen LogP contribution in [0.1, 0.15) is 44.9 Å². The van der Waals surface area contributed by atoms with Crippen LogP contribution in [0.15, 0.2) is 0 Å². The highest BCUT2D eigenvalue weighted by Crippen LogP contribution is 2.34. The van der Waals surface area contributed by atoms with Gasteiger partial charge >= 0.3 is 0 Å². The molecule has 1 aliphatic heterocycles. The van der Waals surface area contributed by atoms with Crippen LogP contribution in [-0.4, -0.2) is 19.3 Å². The van der Waals surface area contributed by atoms with Gasteiger partial charge in [0.25, 0.3) is 0 Å². The Morgan fingerprint density at radius 2 is 1.86 bits per heavy atom. The Morgan fingerprint density at radius 3 is 2.43 bits per heavy atom. The van der Waals surface area contributed by atoms with Gasteiger partial charge in [0.15, 0.2) is 0 Å². The standard InChI is InChI=1S/C12H23NO/c13-9-11(12-7-4-8-14-12)10-5-2-1-3-6-10/h10-12H,1-9,13H2. The Balaban J connectivity index is 1.89.